The number of hydrogen-bond acceptors (Lipinski definition) is 4. The molecular formula is C12H26N2O4. The van der Waals surface area contributed by atoms with Crippen molar-refractivity contribution in [2.75, 3.05) is 20.3 Å². The molecule has 108 valence electrons. The fourth-order valence-corrected chi connectivity index (χ4v) is 1.67. The number of rotatable bonds is 12. The van der Waals surface area contributed by atoms with Gasteiger partial charge in [0.25, 0.3) is 0 Å². The highest BCUT2D eigenvalue weighted by atomic mass is 16.5. The third kappa shape index (κ3) is 9.35. The highest BCUT2D eigenvalue weighted by Gasteiger charge is 2.19. The summed E-state index contributed by atoms with van der Waals surface area (Å²) < 4.78 is 4.74. The molecule has 0 fully saturated rings. The first kappa shape index (κ1) is 17.3. The molecule has 0 heterocycles. The van der Waals surface area contributed by atoms with Gasteiger partial charge >= 0.3 is 5.97 Å². The average Bonchev–Trinajstić information content (AvgIpc) is 2.33. The molecule has 0 aromatic carbocycles. The van der Waals surface area contributed by atoms with Crippen LogP contribution in [-0.2, 0) is 9.53 Å². The zero-order valence-electron chi connectivity index (χ0n) is 11.4. The van der Waals surface area contributed by atoms with Crippen molar-refractivity contribution in [3.63, 3.8) is 0 Å². The molecule has 0 amide bonds. The Balaban J connectivity index is 3.61. The van der Waals surface area contributed by atoms with Gasteiger partial charge in [-0.2, -0.15) is 5.43 Å². The minimum atomic E-state index is -1.06. The number of hydroxylamine groups is 1. The van der Waals surface area contributed by atoms with E-state index in [0.29, 0.717) is 6.54 Å². The zero-order chi connectivity index (χ0) is 13.8. The van der Waals surface area contributed by atoms with Crippen LogP contribution in [0.5, 0.6) is 0 Å². The Morgan fingerprint density at radius 1 is 1.33 bits per heavy atom. The SMILES string of the molecule is CCCCCCCC[NH+]([O-])NC(COC)C(=O)O. The number of quaternary nitrogens is 1. The molecule has 3 N–H and O–H groups in total. The predicted molar refractivity (Wildman–Crippen MR) is 69.0 cm³/mol. The first-order chi connectivity index (χ1) is 8.61. The summed E-state index contributed by atoms with van der Waals surface area (Å²) in [5, 5.41) is 20.1. The molecule has 0 spiro atoms. The first-order valence-corrected chi connectivity index (χ1v) is 6.63. The van der Waals surface area contributed by atoms with Crippen LogP contribution >= 0.6 is 0 Å². The second kappa shape index (κ2) is 11.4. The maximum absolute atomic E-state index is 11.5. The predicted octanol–water partition coefficient (Wildman–Crippen LogP) is 0.334. The third-order valence-corrected chi connectivity index (χ3v) is 2.72. The lowest BCUT2D eigenvalue weighted by Crippen LogP contribution is -3.15. The van der Waals surface area contributed by atoms with E-state index in [9.17, 15) is 10.0 Å². The van der Waals surface area contributed by atoms with E-state index in [4.69, 9.17) is 9.84 Å². The molecule has 0 aromatic heterocycles. The van der Waals surface area contributed by atoms with Gasteiger partial charge in [0.2, 0.25) is 0 Å². The summed E-state index contributed by atoms with van der Waals surface area (Å²) >= 11 is 0. The molecule has 0 saturated heterocycles. The summed E-state index contributed by atoms with van der Waals surface area (Å²) in [4.78, 5) is 10.8. The number of nitrogens with one attached hydrogen (secondary N) is 2. The van der Waals surface area contributed by atoms with Gasteiger partial charge in [-0.15, -0.1) is 0 Å². The summed E-state index contributed by atoms with van der Waals surface area (Å²) in [7, 11) is 1.41. The average molecular weight is 262 g/mol. The van der Waals surface area contributed by atoms with E-state index in [1.807, 2.05) is 0 Å². The van der Waals surface area contributed by atoms with Crippen molar-refractivity contribution in [2.24, 2.45) is 0 Å². The number of ether oxygens (including phenoxy) is 1. The summed E-state index contributed by atoms with van der Waals surface area (Å²) in [6, 6.07) is -0.942. The molecule has 0 bridgehead atoms. The number of unbranched alkanes of at least 4 members (excludes halogenated alkanes) is 5. The van der Waals surface area contributed by atoms with Crippen molar-refractivity contribution in [3.8, 4) is 0 Å². The molecule has 0 aliphatic carbocycles. The smallest absolute Gasteiger partial charge is 0.328 e. The Bertz CT molecular complexity index is 214. The van der Waals surface area contributed by atoms with Gasteiger partial charge < -0.3 is 15.1 Å². The monoisotopic (exact) mass is 262 g/mol. The normalized spacial score (nSPS) is 14.4. The van der Waals surface area contributed by atoms with Crippen molar-refractivity contribution in [3.05, 3.63) is 5.21 Å². The van der Waals surface area contributed by atoms with Gasteiger partial charge in [0.15, 0.2) is 6.04 Å². The lowest BCUT2D eigenvalue weighted by Gasteiger charge is -2.25. The second-order valence-corrected chi connectivity index (χ2v) is 4.43. The van der Waals surface area contributed by atoms with Crippen LogP contribution in [0.25, 0.3) is 0 Å². The van der Waals surface area contributed by atoms with Crippen LogP contribution in [0.15, 0.2) is 0 Å². The fourth-order valence-electron chi connectivity index (χ4n) is 1.67. The molecule has 18 heavy (non-hydrogen) atoms. The van der Waals surface area contributed by atoms with Gasteiger partial charge in [0.05, 0.1) is 13.2 Å². The molecule has 0 rings (SSSR count). The van der Waals surface area contributed by atoms with E-state index in [0.717, 1.165) is 19.3 Å². The molecular weight excluding hydrogens is 236 g/mol. The number of carbonyl (C=O) groups is 1. The summed E-state index contributed by atoms with van der Waals surface area (Å²) in [6.45, 7) is 2.55. The molecule has 6 heteroatoms. The fraction of sp³-hybridized carbons (Fsp3) is 0.917. The number of aliphatic carboxylic acids is 1. The second-order valence-electron chi connectivity index (χ2n) is 4.43. The van der Waals surface area contributed by atoms with E-state index in [-0.39, 0.29) is 11.8 Å². The van der Waals surface area contributed by atoms with Gasteiger partial charge in [0, 0.05) is 7.11 Å². The molecule has 0 aliphatic rings. The third-order valence-electron chi connectivity index (χ3n) is 2.72. The lowest BCUT2D eigenvalue weighted by molar-refractivity contribution is -0.898. The summed E-state index contributed by atoms with van der Waals surface area (Å²) in [5.41, 5.74) is 2.46. The van der Waals surface area contributed by atoms with Crippen molar-refractivity contribution in [1.82, 2.24) is 5.43 Å². The summed E-state index contributed by atoms with van der Waals surface area (Å²) in [5.74, 6) is -1.06. The molecule has 0 radical (unpaired) electrons. The van der Waals surface area contributed by atoms with Crippen LogP contribution in [-0.4, -0.2) is 37.4 Å². The lowest BCUT2D eigenvalue weighted by atomic mass is 10.1. The Kier molecular flexibility index (Phi) is 11.0. The van der Waals surface area contributed by atoms with Crippen molar-refractivity contribution < 1.29 is 19.8 Å². The van der Waals surface area contributed by atoms with E-state index < -0.39 is 12.0 Å². The maximum Gasteiger partial charge on any atom is 0.328 e. The van der Waals surface area contributed by atoms with Gasteiger partial charge in [-0.3, -0.25) is 9.97 Å². The van der Waals surface area contributed by atoms with Crippen LogP contribution in [0.2, 0.25) is 0 Å². The highest BCUT2D eigenvalue weighted by Crippen LogP contribution is 2.03. The standard InChI is InChI=1S/C12H26N2O4/c1-3-4-5-6-7-8-9-14(17)13-11(10-18-2)12(15)16/h11,13-14H,3-10H2,1-2H3,(H,15,16). The first-order valence-electron chi connectivity index (χ1n) is 6.63. The van der Waals surface area contributed by atoms with Crippen molar-refractivity contribution in [1.29, 1.82) is 0 Å². The topological polar surface area (TPSA) is 86.1 Å². The van der Waals surface area contributed by atoms with Crippen molar-refractivity contribution in [2.45, 2.75) is 51.5 Å². The minimum absolute atomic E-state index is 0.00241. The molecule has 6 nitrogen and oxygen atoms in total. The Hall–Kier alpha value is -0.690. The number of hydrogen-bond donors (Lipinski definition) is 3. The van der Waals surface area contributed by atoms with Crippen LogP contribution in [0.1, 0.15) is 45.4 Å². The maximum atomic E-state index is 11.5. The quantitative estimate of drug-likeness (QED) is 0.349. The van der Waals surface area contributed by atoms with E-state index in [1.54, 1.807) is 0 Å². The number of methoxy groups -OCH3 is 1. The summed E-state index contributed by atoms with van der Waals surface area (Å²) in [6.07, 6.45) is 6.63. The van der Waals surface area contributed by atoms with Gasteiger partial charge in [-0.25, -0.2) is 0 Å². The van der Waals surface area contributed by atoms with Gasteiger partial charge in [-0.1, -0.05) is 32.6 Å². The Labute approximate surface area is 109 Å². The van der Waals surface area contributed by atoms with E-state index >= 15 is 0 Å². The number of carboxylic acids is 1. The minimum Gasteiger partial charge on any atom is -0.613 e. The molecule has 2 unspecified atom stereocenters. The van der Waals surface area contributed by atoms with E-state index in [2.05, 4.69) is 12.3 Å². The van der Waals surface area contributed by atoms with Crippen LogP contribution in [0, 0.1) is 5.21 Å². The van der Waals surface area contributed by atoms with Crippen LogP contribution < -0.4 is 10.6 Å². The largest absolute Gasteiger partial charge is 0.613 e. The van der Waals surface area contributed by atoms with E-state index in [1.165, 1.54) is 26.4 Å². The van der Waals surface area contributed by atoms with Crippen molar-refractivity contribution >= 4 is 5.97 Å². The molecule has 0 aromatic rings. The van der Waals surface area contributed by atoms with Gasteiger partial charge in [-0.05, 0) is 12.8 Å². The Morgan fingerprint density at radius 3 is 2.50 bits per heavy atom. The van der Waals surface area contributed by atoms with Crippen LogP contribution in [0.4, 0.5) is 0 Å². The highest BCUT2D eigenvalue weighted by molar-refractivity contribution is 5.73. The Morgan fingerprint density at radius 2 is 1.94 bits per heavy atom. The molecule has 0 saturated carbocycles. The van der Waals surface area contributed by atoms with Gasteiger partial charge in [0.1, 0.15) is 0 Å². The number of carboxylic acid groups (broad SMARTS) is 1. The molecule has 2 atom stereocenters. The molecule has 0 aliphatic heterocycles. The van der Waals surface area contributed by atoms with Crippen LogP contribution in [0.3, 0.4) is 0 Å². The zero-order valence-corrected chi connectivity index (χ0v) is 11.4.